The second-order valence-corrected chi connectivity index (χ2v) is 4.58. The van der Waals surface area contributed by atoms with Crippen LogP contribution in [-0.2, 0) is 0 Å². The van der Waals surface area contributed by atoms with Crippen molar-refractivity contribution in [1.29, 1.82) is 0 Å². The Labute approximate surface area is 93.4 Å². The summed E-state index contributed by atoms with van der Waals surface area (Å²) < 4.78 is 28.1. The molecule has 1 aromatic rings. The molecule has 88 valence electrons. The topological polar surface area (TPSA) is 35.2 Å². The van der Waals surface area contributed by atoms with Crippen LogP contribution in [0.25, 0.3) is 0 Å². The molecule has 0 aliphatic heterocycles. The van der Waals surface area contributed by atoms with E-state index in [4.69, 9.17) is 5.73 Å². The first-order valence-electron chi connectivity index (χ1n) is 5.32. The lowest BCUT2D eigenvalue weighted by Crippen LogP contribution is -2.19. The number of halogens is 2. The Morgan fingerprint density at radius 2 is 1.81 bits per heavy atom. The van der Waals surface area contributed by atoms with Gasteiger partial charge in [-0.15, -0.1) is 0 Å². The molecular weight excluding hydrogens is 212 g/mol. The Morgan fingerprint density at radius 3 is 2.25 bits per heavy atom. The number of hydrogen-bond donors (Lipinski definition) is 1. The summed E-state index contributed by atoms with van der Waals surface area (Å²) in [4.78, 5) is 0. The van der Waals surface area contributed by atoms with Crippen molar-refractivity contribution >= 4 is 0 Å². The summed E-state index contributed by atoms with van der Waals surface area (Å²) in [5.74, 6) is 0.173. The smallest absolute Gasteiger partial charge is 0.387 e. The van der Waals surface area contributed by atoms with Crippen LogP contribution in [0.5, 0.6) is 5.75 Å². The van der Waals surface area contributed by atoms with Crippen molar-refractivity contribution < 1.29 is 13.5 Å². The Balaban J connectivity index is 2.07. The highest BCUT2D eigenvalue weighted by molar-refractivity contribution is 5.30. The lowest BCUT2D eigenvalue weighted by atomic mass is 9.93. The fraction of sp³-hybridized carbons (Fsp3) is 0.500. The van der Waals surface area contributed by atoms with Gasteiger partial charge >= 0.3 is 6.61 Å². The van der Waals surface area contributed by atoms with E-state index in [2.05, 4.69) is 11.7 Å². The fourth-order valence-corrected chi connectivity index (χ4v) is 1.77. The number of rotatable bonds is 4. The SMILES string of the molecule is CC1([C@@H](N)c2ccc(OC(F)F)cc2)CC1. The summed E-state index contributed by atoms with van der Waals surface area (Å²) in [6.45, 7) is -0.637. The van der Waals surface area contributed by atoms with E-state index in [0.29, 0.717) is 0 Å². The minimum Gasteiger partial charge on any atom is -0.435 e. The second-order valence-electron chi connectivity index (χ2n) is 4.58. The summed E-state index contributed by atoms with van der Waals surface area (Å²) in [7, 11) is 0. The summed E-state index contributed by atoms with van der Waals surface area (Å²) in [5, 5.41) is 0. The zero-order chi connectivity index (χ0) is 11.8. The zero-order valence-electron chi connectivity index (χ0n) is 9.12. The molecule has 0 heterocycles. The van der Waals surface area contributed by atoms with Crippen molar-refractivity contribution in [2.45, 2.75) is 32.4 Å². The van der Waals surface area contributed by atoms with Gasteiger partial charge in [0.25, 0.3) is 0 Å². The highest BCUT2D eigenvalue weighted by Crippen LogP contribution is 2.53. The Bertz CT molecular complexity index is 360. The van der Waals surface area contributed by atoms with Gasteiger partial charge < -0.3 is 10.5 Å². The maximum atomic E-state index is 11.9. The van der Waals surface area contributed by atoms with Crippen LogP contribution >= 0.6 is 0 Å². The first kappa shape index (κ1) is 11.3. The van der Waals surface area contributed by atoms with Gasteiger partial charge in [0.05, 0.1) is 0 Å². The Hall–Kier alpha value is -1.16. The molecule has 0 aromatic heterocycles. The number of benzene rings is 1. The van der Waals surface area contributed by atoms with Crippen LogP contribution in [0.3, 0.4) is 0 Å². The average Bonchev–Trinajstić information content (AvgIpc) is 2.97. The Morgan fingerprint density at radius 1 is 1.25 bits per heavy atom. The molecule has 2 rings (SSSR count). The van der Waals surface area contributed by atoms with Crippen LogP contribution in [0.15, 0.2) is 24.3 Å². The van der Waals surface area contributed by atoms with Crippen molar-refractivity contribution in [3.8, 4) is 5.75 Å². The molecule has 0 radical (unpaired) electrons. The van der Waals surface area contributed by atoms with E-state index >= 15 is 0 Å². The molecule has 0 unspecified atom stereocenters. The molecule has 0 spiro atoms. The lowest BCUT2D eigenvalue weighted by Gasteiger charge is -2.19. The van der Waals surface area contributed by atoms with E-state index in [-0.39, 0.29) is 17.2 Å². The van der Waals surface area contributed by atoms with E-state index in [1.807, 2.05) is 0 Å². The lowest BCUT2D eigenvalue weighted by molar-refractivity contribution is -0.0498. The highest BCUT2D eigenvalue weighted by Gasteiger charge is 2.43. The summed E-state index contributed by atoms with van der Waals surface area (Å²) in [6, 6.07) is 6.56. The minimum atomic E-state index is -2.78. The van der Waals surface area contributed by atoms with E-state index in [1.54, 1.807) is 12.1 Å². The van der Waals surface area contributed by atoms with Crippen LogP contribution in [0.1, 0.15) is 31.4 Å². The number of ether oxygens (including phenoxy) is 1. The molecule has 1 aromatic carbocycles. The van der Waals surface area contributed by atoms with Crippen LogP contribution in [0, 0.1) is 5.41 Å². The molecule has 16 heavy (non-hydrogen) atoms. The standard InChI is InChI=1S/C12H15F2NO/c1-12(6-7-12)10(15)8-2-4-9(5-3-8)16-11(13)14/h2-5,10-11H,6-7,15H2,1H3/t10-/m0/s1. The molecule has 4 heteroatoms. The van der Waals surface area contributed by atoms with Gasteiger partial charge in [0, 0.05) is 6.04 Å². The molecule has 0 amide bonds. The van der Waals surface area contributed by atoms with Gasteiger partial charge in [0.2, 0.25) is 0 Å². The first-order chi connectivity index (χ1) is 7.51. The van der Waals surface area contributed by atoms with E-state index in [0.717, 1.165) is 18.4 Å². The average molecular weight is 227 g/mol. The maximum Gasteiger partial charge on any atom is 0.387 e. The highest BCUT2D eigenvalue weighted by atomic mass is 19.3. The van der Waals surface area contributed by atoms with Gasteiger partial charge in [-0.2, -0.15) is 8.78 Å². The van der Waals surface area contributed by atoms with Crippen LogP contribution in [0.2, 0.25) is 0 Å². The van der Waals surface area contributed by atoms with Crippen molar-refractivity contribution in [3.63, 3.8) is 0 Å². The summed E-state index contributed by atoms with van der Waals surface area (Å²) >= 11 is 0. The van der Waals surface area contributed by atoms with Gasteiger partial charge in [0.15, 0.2) is 0 Å². The zero-order valence-corrected chi connectivity index (χ0v) is 9.12. The van der Waals surface area contributed by atoms with Crippen LogP contribution < -0.4 is 10.5 Å². The van der Waals surface area contributed by atoms with Crippen LogP contribution in [-0.4, -0.2) is 6.61 Å². The quantitative estimate of drug-likeness (QED) is 0.857. The molecule has 1 aliphatic carbocycles. The molecular formula is C12H15F2NO. The van der Waals surface area contributed by atoms with Gasteiger partial charge in [0.1, 0.15) is 5.75 Å². The molecule has 2 N–H and O–H groups in total. The fourth-order valence-electron chi connectivity index (χ4n) is 1.77. The van der Waals surface area contributed by atoms with Crippen molar-refractivity contribution in [1.82, 2.24) is 0 Å². The first-order valence-corrected chi connectivity index (χ1v) is 5.32. The Kier molecular flexibility index (Phi) is 2.84. The third-order valence-corrected chi connectivity index (χ3v) is 3.25. The van der Waals surface area contributed by atoms with Crippen molar-refractivity contribution in [2.75, 3.05) is 0 Å². The predicted molar refractivity (Wildman–Crippen MR) is 57.3 cm³/mol. The molecule has 2 nitrogen and oxygen atoms in total. The third kappa shape index (κ3) is 2.32. The maximum absolute atomic E-state index is 11.9. The van der Waals surface area contributed by atoms with Crippen molar-refractivity contribution in [3.05, 3.63) is 29.8 Å². The van der Waals surface area contributed by atoms with Gasteiger partial charge in [-0.1, -0.05) is 19.1 Å². The predicted octanol–water partition coefficient (Wildman–Crippen LogP) is 3.09. The minimum absolute atomic E-state index is 0.0203. The summed E-state index contributed by atoms with van der Waals surface area (Å²) in [5.41, 5.74) is 7.26. The molecule has 0 saturated heterocycles. The monoisotopic (exact) mass is 227 g/mol. The molecule has 1 saturated carbocycles. The summed E-state index contributed by atoms with van der Waals surface area (Å²) in [6.07, 6.45) is 2.26. The van der Waals surface area contributed by atoms with Crippen molar-refractivity contribution in [2.24, 2.45) is 11.1 Å². The number of hydrogen-bond acceptors (Lipinski definition) is 2. The van der Waals surface area contributed by atoms with Gasteiger partial charge in [-0.05, 0) is 36.0 Å². The largest absolute Gasteiger partial charge is 0.435 e. The van der Waals surface area contributed by atoms with Crippen LogP contribution in [0.4, 0.5) is 8.78 Å². The number of nitrogens with two attached hydrogens (primary N) is 1. The normalized spacial score (nSPS) is 19.6. The second kappa shape index (κ2) is 4.01. The molecule has 1 fully saturated rings. The van der Waals surface area contributed by atoms with Gasteiger partial charge in [-0.3, -0.25) is 0 Å². The molecule has 1 aliphatic rings. The van der Waals surface area contributed by atoms with E-state index < -0.39 is 6.61 Å². The molecule has 1 atom stereocenters. The third-order valence-electron chi connectivity index (χ3n) is 3.25. The molecule has 0 bridgehead atoms. The van der Waals surface area contributed by atoms with E-state index in [9.17, 15) is 8.78 Å². The van der Waals surface area contributed by atoms with E-state index in [1.165, 1.54) is 12.1 Å². The number of alkyl halides is 2. The van der Waals surface area contributed by atoms with Gasteiger partial charge in [-0.25, -0.2) is 0 Å².